The Morgan fingerprint density at radius 2 is 1.98 bits per heavy atom. The van der Waals surface area contributed by atoms with E-state index in [1.807, 2.05) is 23.1 Å². The van der Waals surface area contributed by atoms with Crippen LogP contribution >= 0.6 is 0 Å². The van der Waals surface area contributed by atoms with E-state index in [0.29, 0.717) is 37.4 Å². The lowest BCUT2D eigenvalue weighted by atomic mass is 10.1. The minimum absolute atomic E-state index is 0.0711. The van der Waals surface area contributed by atoms with Gasteiger partial charge in [-0.2, -0.15) is 10.4 Å². The summed E-state index contributed by atoms with van der Waals surface area (Å²) in [6.07, 6.45) is 12.0. The van der Waals surface area contributed by atoms with Crippen LogP contribution in [0.2, 0.25) is 0 Å². The number of benzene rings is 1. The highest BCUT2D eigenvalue weighted by atomic mass is 19.1. The van der Waals surface area contributed by atoms with Gasteiger partial charge in [-0.3, -0.25) is 9.48 Å². The second-order valence-corrected chi connectivity index (χ2v) is 10.8. The van der Waals surface area contributed by atoms with Crippen LogP contribution in [-0.2, 0) is 0 Å². The van der Waals surface area contributed by atoms with Crippen LogP contribution < -0.4 is 4.74 Å². The molecule has 1 N–H and O–H groups in total. The van der Waals surface area contributed by atoms with Crippen molar-refractivity contribution in [2.45, 2.75) is 50.7 Å². The summed E-state index contributed by atoms with van der Waals surface area (Å²) in [6.45, 7) is 3.68. The Morgan fingerprint density at radius 1 is 1.15 bits per heavy atom. The maximum Gasteiger partial charge on any atom is 0.254 e. The van der Waals surface area contributed by atoms with E-state index in [9.17, 15) is 14.4 Å². The van der Waals surface area contributed by atoms with Crippen LogP contribution in [0.15, 0.2) is 49.2 Å². The molecule has 1 aromatic carbocycles. The first-order valence-electron chi connectivity index (χ1n) is 14.3. The smallest absolute Gasteiger partial charge is 0.254 e. The SMILES string of the molecule is N#CCC(CN1CCC(Oc2cc(F)cc(C(=O)N3CCCCC3)c2)CC1)n1cc(-c2ncnc3[nH]ccc23)cn1. The Kier molecular flexibility index (Phi) is 7.91. The molecule has 11 heteroatoms. The van der Waals surface area contributed by atoms with Crippen molar-refractivity contribution in [2.75, 3.05) is 32.7 Å². The highest BCUT2D eigenvalue weighted by Gasteiger charge is 2.25. The summed E-state index contributed by atoms with van der Waals surface area (Å²) in [6, 6.07) is 8.47. The number of hydrogen-bond donors (Lipinski definition) is 1. The summed E-state index contributed by atoms with van der Waals surface area (Å²) in [4.78, 5) is 28.8. The van der Waals surface area contributed by atoms with Gasteiger partial charge in [0.05, 0.1) is 30.4 Å². The molecule has 0 spiro atoms. The topological polar surface area (TPSA) is 116 Å². The summed E-state index contributed by atoms with van der Waals surface area (Å²) >= 11 is 0. The predicted molar refractivity (Wildman–Crippen MR) is 151 cm³/mol. The van der Waals surface area contributed by atoms with E-state index in [4.69, 9.17) is 4.74 Å². The average molecular weight is 557 g/mol. The number of carbonyl (C=O) groups is 1. The van der Waals surface area contributed by atoms with E-state index in [1.165, 1.54) is 18.5 Å². The molecule has 3 aromatic heterocycles. The van der Waals surface area contributed by atoms with Crippen molar-refractivity contribution in [3.63, 3.8) is 0 Å². The van der Waals surface area contributed by atoms with Gasteiger partial charge in [0.1, 0.15) is 29.6 Å². The van der Waals surface area contributed by atoms with Crippen molar-refractivity contribution < 1.29 is 13.9 Å². The van der Waals surface area contributed by atoms with Crippen LogP contribution in [0.25, 0.3) is 22.3 Å². The van der Waals surface area contributed by atoms with Crippen molar-refractivity contribution in [3.8, 4) is 23.1 Å². The number of nitrogens with one attached hydrogen (secondary N) is 1. The first kappa shape index (κ1) is 26.9. The van der Waals surface area contributed by atoms with E-state index in [-0.39, 0.29) is 18.1 Å². The maximum absolute atomic E-state index is 14.4. The fraction of sp³-hybridized carbons (Fsp3) is 0.433. The highest BCUT2D eigenvalue weighted by molar-refractivity contribution is 5.94. The molecule has 4 aromatic rings. The van der Waals surface area contributed by atoms with Gasteiger partial charge in [-0.1, -0.05) is 0 Å². The molecule has 2 aliphatic rings. The Bertz CT molecular complexity index is 1550. The van der Waals surface area contributed by atoms with Gasteiger partial charge >= 0.3 is 0 Å². The minimum Gasteiger partial charge on any atom is -0.490 e. The van der Waals surface area contributed by atoms with Gasteiger partial charge in [0.25, 0.3) is 5.91 Å². The standard InChI is InChI=1S/C30H33FN8O2/c31-23-14-21(30(40)38-10-2-1-3-11-38)15-26(16-23)41-25-6-12-37(13-7-25)19-24(4-8-32)39-18-22(17-36-39)28-27-5-9-33-29(27)35-20-34-28/h5,9,14-18,20,24-25H,1-4,6-7,10-13,19H2,(H,33,34,35). The van der Waals surface area contributed by atoms with E-state index in [0.717, 1.165) is 67.5 Å². The molecule has 0 radical (unpaired) electrons. The number of aromatic amines is 1. The molecule has 0 bridgehead atoms. The highest BCUT2D eigenvalue weighted by Crippen LogP contribution is 2.27. The number of amides is 1. The van der Waals surface area contributed by atoms with Crippen LogP contribution in [0.4, 0.5) is 4.39 Å². The van der Waals surface area contributed by atoms with Gasteiger partial charge in [-0.15, -0.1) is 0 Å². The molecule has 2 fully saturated rings. The van der Waals surface area contributed by atoms with Crippen LogP contribution in [-0.4, -0.2) is 79.3 Å². The third-order valence-electron chi connectivity index (χ3n) is 8.00. The largest absolute Gasteiger partial charge is 0.490 e. The Morgan fingerprint density at radius 3 is 2.78 bits per heavy atom. The first-order chi connectivity index (χ1) is 20.1. The second-order valence-electron chi connectivity index (χ2n) is 10.8. The van der Waals surface area contributed by atoms with Gasteiger partial charge in [0.2, 0.25) is 0 Å². The number of aromatic nitrogens is 5. The molecule has 1 atom stereocenters. The molecule has 2 aliphatic heterocycles. The summed E-state index contributed by atoms with van der Waals surface area (Å²) in [5.74, 6) is -0.194. The lowest BCUT2D eigenvalue weighted by Gasteiger charge is -2.34. The zero-order valence-electron chi connectivity index (χ0n) is 22.9. The lowest BCUT2D eigenvalue weighted by Crippen LogP contribution is -2.41. The van der Waals surface area contributed by atoms with Crippen molar-refractivity contribution in [1.82, 2.24) is 34.5 Å². The van der Waals surface area contributed by atoms with Crippen LogP contribution in [0.5, 0.6) is 5.75 Å². The van der Waals surface area contributed by atoms with Crippen molar-refractivity contribution >= 4 is 16.9 Å². The number of likely N-dealkylation sites (tertiary alicyclic amines) is 2. The third-order valence-corrected chi connectivity index (χ3v) is 8.00. The first-order valence-corrected chi connectivity index (χ1v) is 14.3. The zero-order chi connectivity index (χ0) is 28.2. The van der Waals surface area contributed by atoms with E-state index >= 15 is 0 Å². The summed E-state index contributed by atoms with van der Waals surface area (Å²) in [7, 11) is 0. The second kappa shape index (κ2) is 12.1. The normalized spacial score (nSPS) is 17.4. The number of nitrogens with zero attached hydrogens (tertiary/aromatic N) is 7. The molecule has 1 unspecified atom stereocenters. The van der Waals surface area contributed by atoms with E-state index < -0.39 is 5.82 Å². The monoisotopic (exact) mass is 556 g/mol. The molecule has 10 nitrogen and oxygen atoms in total. The molecular formula is C30H33FN8O2. The van der Waals surface area contributed by atoms with Gasteiger partial charge in [0.15, 0.2) is 0 Å². The molecule has 0 aliphatic carbocycles. The Hall–Kier alpha value is -4.30. The van der Waals surface area contributed by atoms with Gasteiger partial charge in [-0.05, 0) is 50.3 Å². The fourth-order valence-corrected chi connectivity index (χ4v) is 5.84. The number of fused-ring (bicyclic) bond motifs is 1. The molecule has 212 valence electrons. The van der Waals surface area contributed by atoms with Gasteiger partial charge < -0.3 is 19.5 Å². The van der Waals surface area contributed by atoms with Gasteiger partial charge in [-0.25, -0.2) is 14.4 Å². The molecule has 6 rings (SSSR count). The number of nitriles is 1. The third kappa shape index (κ3) is 6.07. The van der Waals surface area contributed by atoms with Crippen molar-refractivity contribution in [2.24, 2.45) is 0 Å². The van der Waals surface area contributed by atoms with E-state index in [2.05, 4.69) is 31.0 Å². The van der Waals surface area contributed by atoms with Crippen LogP contribution in [0.1, 0.15) is 54.9 Å². The number of rotatable bonds is 8. The molecule has 1 amide bonds. The average Bonchev–Trinajstić information content (AvgIpc) is 3.68. The number of piperidine rings is 2. The number of halogens is 1. The molecular weight excluding hydrogens is 523 g/mol. The summed E-state index contributed by atoms with van der Waals surface area (Å²) in [5, 5.41) is 15.0. The molecule has 41 heavy (non-hydrogen) atoms. The quantitative estimate of drug-likeness (QED) is 0.338. The van der Waals surface area contributed by atoms with Crippen molar-refractivity contribution in [3.05, 3.63) is 60.6 Å². The van der Waals surface area contributed by atoms with Crippen LogP contribution in [0.3, 0.4) is 0 Å². The fourth-order valence-electron chi connectivity index (χ4n) is 5.84. The van der Waals surface area contributed by atoms with Crippen molar-refractivity contribution in [1.29, 1.82) is 5.26 Å². The minimum atomic E-state index is -0.461. The number of H-pyrrole nitrogens is 1. The number of carbonyl (C=O) groups excluding carboxylic acids is 1. The Labute approximate surface area is 237 Å². The van der Waals surface area contributed by atoms with Gasteiger partial charge in [0, 0.05) is 67.7 Å². The predicted octanol–water partition coefficient (Wildman–Crippen LogP) is 4.58. The molecule has 5 heterocycles. The van der Waals surface area contributed by atoms with Crippen LogP contribution in [0, 0.1) is 17.1 Å². The Balaban J connectivity index is 1.07. The summed E-state index contributed by atoms with van der Waals surface area (Å²) < 4.78 is 22.4. The lowest BCUT2D eigenvalue weighted by molar-refractivity contribution is 0.0720. The number of ether oxygens (including phenoxy) is 1. The summed E-state index contributed by atoms with van der Waals surface area (Å²) in [5.41, 5.74) is 2.79. The maximum atomic E-state index is 14.4. The molecule has 2 saturated heterocycles. The zero-order valence-corrected chi connectivity index (χ0v) is 22.9. The number of hydrogen-bond acceptors (Lipinski definition) is 7. The van der Waals surface area contributed by atoms with E-state index in [1.54, 1.807) is 17.2 Å². The molecule has 0 saturated carbocycles.